The van der Waals surface area contributed by atoms with E-state index in [0.717, 1.165) is 30.8 Å². The molecule has 0 unspecified atom stereocenters. The van der Waals surface area contributed by atoms with E-state index in [1.807, 2.05) is 60.7 Å². The second-order valence-electron chi connectivity index (χ2n) is 4.73. The second kappa shape index (κ2) is 8.07. The molecule has 110 valence electrons. The van der Waals surface area contributed by atoms with Gasteiger partial charge in [-0.1, -0.05) is 49.7 Å². The highest BCUT2D eigenvalue weighted by molar-refractivity contribution is 6.00. The van der Waals surface area contributed by atoms with E-state index < -0.39 is 0 Å². The first-order valence-electron chi connectivity index (χ1n) is 7.26. The number of hydrazine groups is 1. The number of carbonyl (C=O) groups is 1. The third-order valence-electron chi connectivity index (χ3n) is 3.04. The summed E-state index contributed by atoms with van der Waals surface area (Å²) >= 11 is 0. The number of nitrogens with zero attached hydrogens (tertiary/aromatic N) is 1. The fourth-order valence-corrected chi connectivity index (χ4v) is 1.93. The number of carbonyl (C=O) groups excluding carboxylic acids is 1. The van der Waals surface area contributed by atoms with Gasteiger partial charge >= 0.3 is 6.03 Å². The van der Waals surface area contributed by atoms with Crippen molar-refractivity contribution in [2.75, 3.05) is 16.9 Å². The van der Waals surface area contributed by atoms with Crippen LogP contribution in [0.5, 0.6) is 0 Å². The number of benzene rings is 2. The minimum Gasteiger partial charge on any atom is -0.306 e. The molecule has 0 spiro atoms. The van der Waals surface area contributed by atoms with Gasteiger partial charge in [0.2, 0.25) is 0 Å². The summed E-state index contributed by atoms with van der Waals surface area (Å²) in [4.78, 5) is 12.5. The van der Waals surface area contributed by atoms with Crippen molar-refractivity contribution in [2.45, 2.75) is 19.8 Å². The van der Waals surface area contributed by atoms with Crippen molar-refractivity contribution in [3.8, 4) is 0 Å². The van der Waals surface area contributed by atoms with Crippen LogP contribution in [0.4, 0.5) is 16.2 Å². The van der Waals surface area contributed by atoms with Crippen LogP contribution in [0.2, 0.25) is 0 Å². The van der Waals surface area contributed by atoms with Crippen LogP contribution in [-0.4, -0.2) is 12.6 Å². The van der Waals surface area contributed by atoms with Gasteiger partial charge in [-0.05, 0) is 30.7 Å². The van der Waals surface area contributed by atoms with Crippen molar-refractivity contribution in [1.29, 1.82) is 0 Å². The molecule has 0 fully saturated rings. The Labute approximate surface area is 125 Å². The van der Waals surface area contributed by atoms with Gasteiger partial charge in [0.15, 0.2) is 0 Å². The van der Waals surface area contributed by atoms with Gasteiger partial charge in [-0.3, -0.25) is 0 Å². The van der Waals surface area contributed by atoms with Crippen molar-refractivity contribution in [1.82, 2.24) is 5.43 Å². The molecule has 4 heteroatoms. The van der Waals surface area contributed by atoms with Gasteiger partial charge in [-0.25, -0.2) is 15.2 Å². The van der Waals surface area contributed by atoms with Gasteiger partial charge in [-0.2, -0.15) is 0 Å². The summed E-state index contributed by atoms with van der Waals surface area (Å²) in [6.07, 6.45) is 2.10. The van der Waals surface area contributed by atoms with Crippen molar-refractivity contribution >= 4 is 17.4 Å². The zero-order chi connectivity index (χ0) is 14.9. The summed E-state index contributed by atoms with van der Waals surface area (Å²) in [5.74, 6) is 0. The molecule has 0 aliphatic heterocycles. The number of hydrogen-bond donors (Lipinski definition) is 2. The predicted molar refractivity (Wildman–Crippen MR) is 87.3 cm³/mol. The molecule has 2 aromatic carbocycles. The van der Waals surface area contributed by atoms with Crippen LogP contribution in [0.1, 0.15) is 19.8 Å². The Bertz CT molecular complexity index is 542. The molecule has 2 aromatic rings. The van der Waals surface area contributed by atoms with Crippen LogP contribution in [0.15, 0.2) is 60.7 Å². The van der Waals surface area contributed by atoms with Crippen LogP contribution < -0.4 is 15.8 Å². The Morgan fingerprint density at radius 1 is 1.00 bits per heavy atom. The summed E-state index contributed by atoms with van der Waals surface area (Å²) in [7, 11) is 0. The number of urea groups is 1. The highest BCUT2D eigenvalue weighted by Crippen LogP contribution is 2.14. The monoisotopic (exact) mass is 283 g/mol. The van der Waals surface area contributed by atoms with Gasteiger partial charge in [-0.15, -0.1) is 0 Å². The lowest BCUT2D eigenvalue weighted by atomic mass is 10.3. The molecule has 4 nitrogen and oxygen atoms in total. The van der Waals surface area contributed by atoms with E-state index in [4.69, 9.17) is 0 Å². The number of nitrogens with one attached hydrogen (secondary N) is 2. The molecule has 0 saturated heterocycles. The van der Waals surface area contributed by atoms with E-state index >= 15 is 0 Å². The molecule has 0 aliphatic carbocycles. The summed E-state index contributed by atoms with van der Waals surface area (Å²) < 4.78 is 0. The Morgan fingerprint density at radius 2 is 1.62 bits per heavy atom. The molecule has 0 aromatic heterocycles. The maximum absolute atomic E-state index is 12.5. The number of hydrogen-bond acceptors (Lipinski definition) is 2. The highest BCUT2D eigenvalue weighted by atomic mass is 16.2. The van der Waals surface area contributed by atoms with Crippen molar-refractivity contribution < 1.29 is 4.79 Å². The molecular formula is C17H21N3O. The van der Waals surface area contributed by atoms with Crippen molar-refractivity contribution in [3.05, 3.63) is 60.7 Å². The second-order valence-corrected chi connectivity index (χ2v) is 4.73. The largest absolute Gasteiger partial charge is 0.340 e. The number of amides is 2. The lowest BCUT2D eigenvalue weighted by Gasteiger charge is -2.24. The number of anilines is 2. The third kappa shape index (κ3) is 4.61. The smallest absolute Gasteiger partial charge is 0.306 e. The quantitative estimate of drug-likeness (QED) is 0.621. The van der Waals surface area contributed by atoms with Gasteiger partial charge in [0.1, 0.15) is 0 Å². The lowest BCUT2D eigenvalue weighted by Crippen LogP contribution is -2.46. The maximum Gasteiger partial charge on any atom is 0.340 e. The summed E-state index contributed by atoms with van der Waals surface area (Å²) in [6, 6.07) is 18.8. The molecule has 0 radical (unpaired) electrons. The molecule has 0 heterocycles. The first kappa shape index (κ1) is 15.1. The molecule has 0 aliphatic rings. The molecule has 2 amide bonds. The SMILES string of the molecule is CCCCNN(C(=O)Nc1ccccc1)c1ccccc1. The summed E-state index contributed by atoms with van der Waals surface area (Å²) in [6.45, 7) is 2.88. The topological polar surface area (TPSA) is 44.4 Å². The van der Waals surface area contributed by atoms with Gasteiger partial charge in [0.25, 0.3) is 0 Å². The molecule has 0 saturated carbocycles. The van der Waals surface area contributed by atoms with Gasteiger partial charge in [0.05, 0.1) is 5.69 Å². The fourth-order valence-electron chi connectivity index (χ4n) is 1.93. The first-order valence-corrected chi connectivity index (χ1v) is 7.26. The zero-order valence-corrected chi connectivity index (χ0v) is 12.3. The van der Waals surface area contributed by atoms with E-state index in [9.17, 15) is 4.79 Å². The Kier molecular flexibility index (Phi) is 5.79. The van der Waals surface area contributed by atoms with Crippen molar-refractivity contribution in [2.24, 2.45) is 0 Å². The first-order chi connectivity index (χ1) is 10.3. The Morgan fingerprint density at radius 3 is 2.24 bits per heavy atom. The molecular weight excluding hydrogens is 262 g/mol. The average Bonchev–Trinajstić information content (AvgIpc) is 2.53. The molecule has 2 rings (SSSR count). The predicted octanol–water partition coefficient (Wildman–Crippen LogP) is 4.03. The normalized spacial score (nSPS) is 10.1. The molecule has 21 heavy (non-hydrogen) atoms. The standard InChI is InChI=1S/C17H21N3O/c1-2-3-14-18-20(16-12-8-5-9-13-16)17(21)19-15-10-6-4-7-11-15/h4-13,18H,2-3,14H2,1H3,(H,19,21). The van der Waals surface area contributed by atoms with E-state index in [1.54, 1.807) is 5.01 Å². The number of para-hydroxylation sites is 2. The molecule has 0 atom stereocenters. The van der Waals surface area contributed by atoms with E-state index in [0.29, 0.717) is 0 Å². The van der Waals surface area contributed by atoms with Crippen LogP contribution in [0.3, 0.4) is 0 Å². The lowest BCUT2D eigenvalue weighted by molar-refractivity contribution is 0.254. The zero-order valence-electron chi connectivity index (χ0n) is 12.3. The van der Waals surface area contributed by atoms with Gasteiger partial charge in [0, 0.05) is 12.2 Å². The van der Waals surface area contributed by atoms with E-state index in [1.165, 1.54) is 0 Å². The Balaban J connectivity index is 2.09. The summed E-state index contributed by atoms with van der Waals surface area (Å²) in [5, 5.41) is 4.45. The number of rotatable bonds is 6. The maximum atomic E-state index is 12.5. The minimum absolute atomic E-state index is 0.191. The van der Waals surface area contributed by atoms with E-state index in [-0.39, 0.29) is 6.03 Å². The fraction of sp³-hybridized carbons (Fsp3) is 0.235. The van der Waals surface area contributed by atoms with Crippen LogP contribution in [0, 0.1) is 0 Å². The van der Waals surface area contributed by atoms with E-state index in [2.05, 4.69) is 17.7 Å². The van der Waals surface area contributed by atoms with Crippen LogP contribution in [-0.2, 0) is 0 Å². The molecule has 2 N–H and O–H groups in total. The molecule has 0 bridgehead atoms. The van der Waals surface area contributed by atoms with Gasteiger partial charge < -0.3 is 5.32 Å². The number of unbranched alkanes of at least 4 members (excludes halogenated alkanes) is 1. The average molecular weight is 283 g/mol. The Hall–Kier alpha value is -2.33. The summed E-state index contributed by atoms with van der Waals surface area (Å²) in [5.41, 5.74) is 4.78. The highest BCUT2D eigenvalue weighted by Gasteiger charge is 2.14. The van der Waals surface area contributed by atoms with Crippen LogP contribution >= 0.6 is 0 Å². The van der Waals surface area contributed by atoms with Crippen molar-refractivity contribution in [3.63, 3.8) is 0 Å². The minimum atomic E-state index is -0.191. The third-order valence-corrected chi connectivity index (χ3v) is 3.04. The van der Waals surface area contributed by atoms with Crippen LogP contribution in [0.25, 0.3) is 0 Å².